The van der Waals surface area contributed by atoms with Crippen molar-refractivity contribution >= 4 is 0 Å². The lowest BCUT2D eigenvalue weighted by Crippen LogP contribution is -2.71. The van der Waals surface area contributed by atoms with E-state index < -0.39 is 17.4 Å². The van der Waals surface area contributed by atoms with Crippen molar-refractivity contribution in [1.29, 1.82) is 0 Å². The molecule has 6 heteroatoms. The first kappa shape index (κ1) is 17.8. The highest BCUT2D eigenvalue weighted by molar-refractivity contribution is 5.04. The van der Waals surface area contributed by atoms with E-state index in [1.807, 2.05) is 27.7 Å². The fourth-order valence-corrected chi connectivity index (χ4v) is 2.81. The van der Waals surface area contributed by atoms with Crippen LogP contribution in [-0.4, -0.2) is 63.3 Å². The Labute approximate surface area is 121 Å². The van der Waals surface area contributed by atoms with E-state index in [4.69, 9.17) is 14.6 Å². The molecular formula is C14H29NO5. The smallest absolute Gasteiger partial charge is 0.188 e. The number of hydrogen-bond acceptors (Lipinski definition) is 6. The third-order valence-electron chi connectivity index (χ3n) is 4.09. The van der Waals surface area contributed by atoms with Crippen LogP contribution < -0.4 is 0 Å². The van der Waals surface area contributed by atoms with Gasteiger partial charge in [0.25, 0.3) is 0 Å². The lowest BCUT2D eigenvalue weighted by Gasteiger charge is -2.58. The van der Waals surface area contributed by atoms with Crippen molar-refractivity contribution < 1.29 is 24.9 Å². The molecule has 3 N–H and O–H groups in total. The Kier molecular flexibility index (Phi) is 5.57. The number of hydrogen-bond donors (Lipinski definition) is 3. The summed E-state index contributed by atoms with van der Waals surface area (Å²) < 4.78 is 11.6. The van der Waals surface area contributed by atoms with Crippen molar-refractivity contribution in [2.45, 2.75) is 70.4 Å². The van der Waals surface area contributed by atoms with Gasteiger partial charge in [-0.05, 0) is 41.0 Å². The molecule has 1 fully saturated rings. The zero-order valence-corrected chi connectivity index (χ0v) is 13.2. The molecule has 120 valence electrons. The maximum absolute atomic E-state index is 10.5. The monoisotopic (exact) mass is 291 g/mol. The molecule has 1 aliphatic rings. The van der Waals surface area contributed by atoms with Gasteiger partial charge in [0.15, 0.2) is 5.79 Å². The number of aliphatic hydroxyl groups excluding tert-OH is 2. The Bertz CT molecular complexity index is 315. The van der Waals surface area contributed by atoms with Crippen molar-refractivity contribution in [3.05, 3.63) is 0 Å². The first-order valence-corrected chi connectivity index (χ1v) is 7.15. The van der Waals surface area contributed by atoms with Crippen LogP contribution in [-0.2, 0) is 9.47 Å². The Morgan fingerprint density at radius 2 is 1.75 bits per heavy atom. The zero-order valence-electron chi connectivity index (χ0n) is 13.2. The van der Waals surface area contributed by atoms with Gasteiger partial charge < -0.3 is 24.9 Å². The summed E-state index contributed by atoms with van der Waals surface area (Å²) in [4.78, 5) is 0. The number of rotatable bonds is 6. The van der Waals surface area contributed by atoms with E-state index in [0.29, 0.717) is 12.8 Å². The Morgan fingerprint density at radius 1 is 1.15 bits per heavy atom. The largest absolute Gasteiger partial charge is 0.394 e. The average Bonchev–Trinajstić information content (AvgIpc) is 2.35. The first-order chi connectivity index (χ1) is 9.09. The number of nitrogens with zero attached hydrogens (tertiary/aromatic N) is 1. The second kappa shape index (κ2) is 6.25. The minimum absolute atomic E-state index is 0.114. The van der Waals surface area contributed by atoms with Crippen LogP contribution >= 0.6 is 0 Å². The van der Waals surface area contributed by atoms with Gasteiger partial charge in [0, 0.05) is 12.0 Å². The molecule has 0 bridgehead atoms. The van der Waals surface area contributed by atoms with Crippen molar-refractivity contribution in [3.63, 3.8) is 0 Å². The first-order valence-electron chi connectivity index (χ1n) is 7.15. The Balaban J connectivity index is 3.02. The van der Waals surface area contributed by atoms with Crippen LogP contribution in [0.15, 0.2) is 0 Å². The molecule has 0 spiro atoms. The van der Waals surface area contributed by atoms with Crippen LogP contribution in [0.3, 0.4) is 0 Å². The standard InChI is InChI=1S/C14H29NO5/c1-11(17)10-20-14(19-9-8-16)7-6-12(2,3)15(18)13(14,4)5/h11,16-18H,6-10H2,1-5H3. The molecule has 2 atom stereocenters. The lowest BCUT2D eigenvalue weighted by molar-refractivity contribution is -0.383. The second-order valence-corrected chi connectivity index (χ2v) is 6.67. The van der Waals surface area contributed by atoms with Gasteiger partial charge >= 0.3 is 0 Å². The van der Waals surface area contributed by atoms with Crippen molar-refractivity contribution in [1.82, 2.24) is 5.06 Å². The summed E-state index contributed by atoms with van der Waals surface area (Å²) in [7, 11) is 0. The number of ether oxygens (including phenoxy) is 2. The van der Waals surface area contributed by atoms with Gasteiger partial charge in [-0.2, -0.15) is 5.06 Å². The van der Waals surface area contributed by atoms with Crippen LogP contribution in [0.5, 0.6) is 0 Å². The molecular weight excluding hydrogens is 262 g/mol. The van der Waals surface area contributed by atoms with Crippen LogP contribution in [0.2, 0.25) is 0 Å². The molecule has 1 heterocycles. The van der Waals surface area contributed by atoms with Gasteiger partial charge in [0.1, 0.15) is 0 Å². The van der Waals surface area contributed by atoms with Gasteiger partial charge in [0.05, 0.1) is 31.5 Å². The summed E-state index contributed by atoms with van der Waals surface area (Å²) in [5.74, 6) is -1.06. The molecule has 1 aliphatic heterocycles. The van der Waals surface area contributed by atoms with E-state index in [0.717, 1.165) is 0 Å². The van der Waals surface area contributed by atoms with Gasteiger partial charge in [-0.1, -0.05) is 0 Å². The second-order valence-electron chi connectivity index (χ2n) is 6.67. The lowest BCUT2D eigenvalue weighted by atomic mass is 9.77. The third-order valence-corrected chi connectivity index (χ3v) is 4.09. The summed E-state index contributed by atoms with van der Waals surface area (Å²) >= 11 is 0. The predicted molar refractivity (Wildman–Crippen MR) is 74.4 cm³/mol. The molecule has 20 heavy (non-hydrogen) atoms. The van der Waals surface area contributed by atoms with Crippen molar-refractivity contribution in [3.8, 4) is 0 Å². The van der Waals surface area contributed by atoms with Crippen molar-refractivity contribution in [2.24, 2.45) is 0 Å². The fraction of sp³-hybridized carbons (Fsp3) is 1.00. The van der Waals surface area contributed by atoms with E-state index in [1.54, 1.807) is 6.92 Å². The highest BCUT2D eigenvalue weighted by atomic mass is 16.7. The van der Waals surface area contributed by atoms with E-state index in [9.17, 15) is 10.3 Å². The summed E-state index contributed by atoms with van der Waals surface area (Å²) in [5.41, 5.74) is -1.19. The average molecular weight is 291 g/mol. The molecule has 0 amide bonds. The quantitative estimate of drug-likeness (QED) is 0.636. The molecule has 1 rings (SSSR count). The molecule has 0 aromatic heterocycles. The number of piperidine rings is 1. The highest BCUT2D eigenvalue weighted by Crippen LogP contribution is 2.46. The molecule has 6 nitrogen and oxygen atoms in total. The Hall–Kier alpha value is -0.240. The van der Waals surface area contributed by atoms with Gasteiger partial charge in [-0.15, -0.1) is 0 Å². The number of aliphatic hydroxyl groups is 2. The summed E-state index contributed by atoms with van der Waals surface area (Å²) in [5, 5.41) is 30.3. The predicted octanol–water partition coefficient (Wildman–Crippen LogP) is 1.13. The fourth-order valence-electron chi connectivity index (χ4n) is 2.81. The van der Waals surface area contributed by atoms with Crippen molar-refractivity contribution in [2.75, 3.05) is 19.8 Å². The van der Waals surface area contributed by atoms with Gasteiger partial charge in [-0.25, -0.2) is 0 Å². The van der Waals surface area contributed by atoms with Crippen LogP contribution in [0.4, 0.5) is 0 Å². The van der Waals surface area contributed by atoms with E-state index in [1.165, 1.54) is 5.06 Å². The minimum atomic E-state index is -1.06. The third kappa shape index (κ3) is 3.32. The van der Waals surface area contributed by atoms with Crippen LogP contribution in [0, 0.1) is 0 Å². The summed E-state index contributed by atoms with van der Waals surface area (Å²) in [6.45, 7) is 9.35. The SMILES string of the molecule is CC(O)COC1(OCCO)CCC(C)(C)N(O)C1(C)C. The van der Waals surface area contributed by atoms with E-state index in [2.05, 4.69) is 0 Å². The Morgan fingerprint density at radius 3 is 2.25 bits per heavy atom. The molecule has 2 unspecified atom stereocenters. The molecule has 1 saturated heterocycles. The van der Waals surface area contributed by atoms with Gasteiger partial charge in [0.2, 0.25) is 0 Å². The van der Waals surface area contributed by atoms with Gasteiger partial charge in [-0.3, -0.25) is 0 Å². The number of hydroxylamine groups is 2. The highest BCUT2D eigenvalue weighted by Gasteiger charge is 2.58. The molecule has 0 saturated carbocycles. The maximum atomic E-state index is 10.5. The minimum Gasteiger partial charge on any atom is -0.394 e. The van der Waals surface area contributed by atoms with E-state index in [-0.39, 0.29) is 25.4 Å². The molecule has 0 aromatic rings. The molecule has 0 aromatic carbocycles. The van der Waals surface area contributed by atoms with Crippen LogP contribution in [0.1, 0.15) is 47.5 Å². The zero-order chi connectivity index (χ0) is 15.6. The van der Waals surface area contributed by atoms with E-state index >= 15 is 0 Å². The molecule has 0 radical (unpaired) electrons. The summed E-state index contributed by atoms with van der Waals surface area (Å²) in [6, 6.07) is 0. The maximum Gasteiger partial charge on any atom is 0.188 e. The topological polar surface area (TPSA) is 82.4 Å². The normalized spacial score (nSPS) is 31.2. The molecule has 0 aliphatic carbocycles. The van der Waals surface area contributed by atoms with Crippen LogP contribution in [0.25, 0.3) is 0 Å². The summed E-state index contributed by atoms with van der Waals surface area (Å²) in [6.07, 6.45) is 0.636.